The van der Waals surface area contributed by atoms with E-state index in [2.05, 4.69) is 17.9 Å². The van der Waals surface area contributed by atoms with Crippen LogP contribution in [0.1, 0.15) is 25.3 Å². The van der Waals surface area contributed by atoms with Crippen LogP contribution in [0.15, 0.2) is 18.2 Å². The molecule has 2 unspecified atom stereocenters. The Kier molecular flexibility index (Phi) is 4.11. The van der Waals surface area contributed by atoms with Crippen molar-refractivity contribution in [2.45, 2.75) is 25.8 Å². The number of nitrogens with two attached hydrogens (primary N) is 1. The number of hydrogen-bond donors (Lipinski definition) is 1. The maximum Gasteiger partial charge on any atom is 0.0992 e. The molecule has 0 aliphatic carbocycles. The van der Waals surface area contributed by atoms with Crippen molar-refractivity contribution in [2.24, 2.45) is 11.7 Å². The van der Waals surface area contributed by atoms with E-state index in [1.807, 2.05) is 12.1 Å². The van der Waals surface area contributed by atoms with Crippen LogP contribution in [-0.4, -0.2) is 19.1 Å². The maximum absolute atomic E-state index is 8.84. The summed E-state index contributed by atoms with van der Waals surface area (Å²) in [7, 11) is 0. The van der Waals surface area contributed by atoms with Crippen molar-refractivity contribution in [1.82, 2.24) is 0 Å². The van der Waals surface area contributed by atoms with Gasteiger partial charge >= 0.3 is 0 Å². The number of benzene rings is 1. The molecule has 0 spiro atoms. The van der Waals surface area contributed by atoms with E-state index in [-0.39, 0.29) is 0 Å². The fraction of sp³-hybridized carbons (Fsp3) is 0.500. The van der Waals surface area contributed by atoms with Gasteiger partial charge in [-0.3, -0.25) is 0 Å². The molecule has 1 heterocycles. The van der Waals surface area contributed by atoms with Crippen LogP contribution in [0.4, 0.5) is 5.69 Å². The van der Waals surface area contributed by atoms with Gasteiger partial charge in [0.1, 0.15) is 0 Å². The largest absolute Gasteiger partial charge is 0.370 e. The Bertz CT molecular complexity index is 467. The summed E-state index contributed by atoms with van der Waals surface area (Å²) in [6.45, 7) is 4.06. The first-order valence-corrected chi connectivity index (χ1v) is 6.73. The summed E-state index contributed by atoms with van der Waals surface area (Å²) in [5, 5.41) is 9.49. The Balaban J connectivity index is 2.20. The van der Waals surface area contributed by atoms with Crippen molar-refractivity contribution in [3.8, 4) is 6.07 Å². The lowest BCUT2D eigenvalue weighted by Crippen LogP contribution is -2.47. The van der Waals surface area contributed by atoms with Crippen LogP contribution in [0.2, 0.25) is 5.02 Å². The molecule has 0 aromatic heterocycles. The van der Waals surface area contributed by atoms with Crippen molar-refractivity contribution in [3.05, 3.63) is 28.8 Å². The molecule has 3 nitrogen and oxygen atoms in total. The molecule has 18 heavy (non-hydrogen) atoms. The molecule has 1 aromatic carbocycles. The van der Waals surface area contributed by atoms with Crippen LogP contribution in [0.25, 0.3) is 0 Å². The minimum absolute atomic E-state index is 0.295. The SMILES string of the molecule is CCC1CN(c2ccc(C#N)cc2Cl)CCC1N. The lowest BCUT2D eigenvalue weighted by molar-refractivity contribution is 0.348. The lowest BCUT2D eigenvalue weighted by Gasteiger charge is -2.38. The van der Waals surface area contributed by atoms with E-state index < -0.39 is 0 Å². The number of halogens is 1. The Morgan fingerprint density at radius 2 is 2.33 bits per heavy atom. The van der Waals surface area contributed by atoms with E-state index >= 15 is 0 Å². The van der Waals surface area contributed by atoms with Gasteiger partial charge in [-0.15, -0.1) is 0 Å². The van der Waals surface area contributed by atoms with E-state index in [0.717, 1.165) is 31.6 Å². The summed E-state index contributed by atoms with van der Waals surface area (Å²) in [6.07, 6.45) is 2.08. The summed E-state index contributed by atoms with van der Waals surface area (Å²) in [4.78, 5) is 2.28. The van der Waals surface area contributed by atoms with Gasteiger partial charge in [0.2, 0.25) is 0 Å². The van der Waals surface area contributed by atoms with Crippen molar-refractivity contribution < 1.29 is 0 Å². The minimum Gasteiger partial charge on any atom is -0.370 e. The highest BCUT2D eigenvalue weighted by Gasteiger charge is 2.26. The topological polar surface area (TPSA) is 53.0 Å². The van der Waals surface area contributed by atoms with Gasteiger partial charge in [0.15, 0.2) is 0 Å². The molecule has 1 aromatic rings. The van der Waals surface area contributed by atoms with Crippen LogP contribution in [0.5, 0.6) is 0 Å². The van der Waals surface area contributed by atoms with Crippen LogP contribution in [0, 0.1) is 17.2 Å². The summed E-state index contributed by atoms with van der Waals surface area (Å²) in [6, 6.07) is 7.88. The van der Waals surface area contributed by atoms with Crippen LogP contribution < -0.4 is 10.6 Å². The Morgan fingerprint density at radius 1 is 1.56 bits per heavy atom. The van der Waals surface area contributed by atoms with Gasteiger partial charge < -0.3 is 10.6 Å². The fourth-order valence-electron chi connectivity index (χ4n) is 2.53. The number of nitriles is 1. The van der Waals surface area contributed by atoms with E-state index in [1.165, 1.54) is 0 Å². The predicted molar refractivity (Wildman–Crippen MR) is 74.8 cm³/mol. The number of rotatable bonds is 2. The van der Waals surface area contributed by atoms with Gasteiger partial charge in [-0.05, 0) is 30.5 Å². The molecule has 4 heteroatoms. The Hall–Kier alpha value is -1.24. The normalized spacial score (nSPS) is 23.8. The van der Waals surface area contributed by atoms with E-state index in [9.17, 15) is 0 Å². The van der Waals surface area contributed by atoms with Crippen molar-refractivity contribution in [1.29, 1.82) is 5.26 Å². The average Bonchev–Trinajstić information content (AvgIpc) is 2.39. The van der Waals surface area contributed by atoms with Crippen molar-refractivity contribution >= 4 is 17.3 Å². The standard InChI is InChI=1S/C14H18ClN3/c1-2-11-9-18(6-5-13(11)17)14-4-3-10(8-16)7-12(14)15/h3-4,7,11,13H,2,5-6,9,17H2,1H3. The lowest BCUT2D eigenvalue weighted by atomic mass is 9.90. The number of anilines is 1. The molecule has 2 atom stereocenters. The molecule has 0 saturated carbocycles. The van der Waals surface area contributed by atoms with Gasteiger partial charge in [-0.25, -0.2) is 0 Å². The molecule has 1 aliphatic rings. The molecule has 1 saturated heterocycles. The van der Waals surface area contributed by atoms with Gasteiger partial charge in [0.05, 0.1) is 22.3 Å². The number of nitrogens with zero attached hydrogens (tertiary/aromatic N) is 2. The van der Waals surface area contributed by atoms with Gasteiger partial charge in [-0.2, -0.15) is 5.26 Å². The zero-order valence-corrected chi connectivity index (χ0v) is 11.3. The zero-order chi connectivity index (χ0) is 13.1. The molecule has 1 aliphatic heterocycles. The Labute approximate surface area is 113 Å². The monoisotopic (exact) mass is 263 g/mol. The summed E-state index contributed by atoms with van der Waals surface area (Å²) in [5.41, 5.74) is 7.73. The maximum atomic E-state index is 8.84. The van der Waals surface area contributed by atoms with Crippen LogP contribution >= 0.6 is 11.6 Å². The first kappa shape index (κ1) is 13.2. The molecular formula is C14H18ClN3. The molecule has 0 radical (unpaired) electrons. The number of hydrogen-bond acceptors (Lipinski definition) is 3. The second-order valence-corrected chi connectivity index (χ2v) is 5.25. The molecular weight excluding hydrogens is 246 g/mol. The third-order valence-corrected chi connectivity index (χ3v) is 4.04. The quantitative estimate of drug-likeness (QED) is 0.893. The van der Waals surface area contributed by atoms with Crippen molar-refractivity contribution in [2.75, 3.05) is 18.0 Å². The molecule has 0 bridgehead atoms. The fourth-order valence-corrected chi connectivity index (χ4v) is 2.83. The molecule has 0 amide bonds. The van der Waals surface area contributed by atoms with Gasteiger partial charge in [0.25, 0.3) is 0 Å². The second-order valence-electron chi connectivity index (χ2n) is 4.84. The highest BCUT2D eigenvalue weighted by atomic mass is 35.5. The van der Waals surface area contributed by atoms with E-state index in [1.54, 1.807) is 6.07 Å². The molecule has 2 rings (SSSR count). The second kappa shape index (κ2) is 5.60. The summed E-state index contributed by atoms with van der Waals surface area (Å²) in [5.74, 6) is 0.519. The van der Waals surface area contributed by atoms with Gasteiger partial charge in [-0.1, -0.05) is 24.9 Å². The van der Waals surface area contributed by atoms with Crippen molar-refractivity contribution in [3.63, 3.8) is 0 Å². The third-order valence-electron chi connectivity index (χ3n) is 3.73. The molecule has 96 valence electrons. The summed E-state index contributed by atoms with van der Waals surface area (Å²) >= 11 is 6.24. The first-order chi connectivity index (χ1) is 8.65. The van der Waals surface area contributed by atoms with Crippen LogP contribution in [0.3, 0.4) is 0 Å². The Morgan fingerprint density at radius 3 is 2.94 bits per heavy atom. The number of piperidine rings is 1. The van der Waals surface area contributed by atoms with E-state index in [0.29, 0.717) is 22.5 Å². The molecule has 1 fully saturated rings. The minimum atomic E-state index is 0.295. The smallest absolute Gasteiger partial charge is 0.0992 e. The van der Waals surface area contributed by atoms with E-state index in [4.69, 9.17) is 22.6 Å². The first-order valence-electron chi connectivity index (χ1n) is 6.36. The average molecular weight is 264 g/mol. The van der Waals surface area contributed by atoms with Crippen LogP contribution in [-0.2, 0) is 0 Å². The highest BCUT2D eigenvalue weighted by molar-refractivity contribution is 6.33. The highest BCUT2D eigenvalue weighted by Crippen LogP contribution is 2.30. The van der Waals surface area contributed by atoms with Gasteiger partial charge in [0, 0.05) is 19.1 Å². The third kappa shape index (κ3) is 2.60. The summed E-state index contributed by atoms with van der Waals surface area (Å²) < 4.78 is 0. The zero-order valence-electron chi connectivity index (χ0n) is 10.6. The molecule has 2 N–H and O–H groups in total. The predicted octanol–water partition coefficient (Wildman–Crippen LogP) is 2.78.